The highest BCUT2D eigenvalue weighted by atomic mass is 32.2. The van der Waals surface area contributed by atoms with Gasteiger partial charge in [0, 0.05) is 12.9 Å². The van der Waals surface area contributed by atoms with Crippen molar-refractivity contribution in [1.29, 1.82) is 0 Å². The van der Waals surface area contributed by atoms with Crippen LogP contribution in [-0.4, -0.2) is 37.8 Å². The van der Waals surface area contributed by atoms with Crippen LogP contribution in [0.5, 0.6) is 0 Å². The third-order valence-corrected chi connectivity index (χ3v) is 2.01. The lowest BCUT2D eigenvalue weighted by atomic mass is 10.5. The molecule has 0 fully saturated rings. The van der Waals surface area contributed by atoms with E-state index in [1.807, 2.05) is 6.92 Å². The molecule has 0 radical (unpaired) electrons. The Morgan fingerprint density at radius 1 is 1.42 bits per heavy atom. The number of methoxy groups -OCH3 is 1. The number of hydrogen-bond acceptors (Lipinski definition) is 4. The van der Waals surface area contributed by atoms with Crippen molar-refractivity contribution < 1.29 is 14.3 Å². The minimum absolute atomic E-state index is 0.127. The van der Waals surface area contributed by atoms with Crippen LogP contribution in [0.3, 0.4) is 0 Å². The minimum atomic E-state index is -0.127. The zero-order valence-corrected chi connectivity index (χ0v) is 8.49. The molecule has 0 rings (SSSR count). The molecule has 0 amide bonds. The lowest BCUT2D eigenvalue weighted by Crippen LogP contribution is -2.08. The van der Waals surface area contributed by atoms with Gasteiger partial charge in [-0.3, -0.25) is 4.79 Å². The molecule has 0 aliphatic heterocycles. The van der Waals surface area contributed by atoms with Crippen molar-refractivity contribution in [2.24, 2.45) is 0 Å². The van der Waals surface area contributed by atoms with Crippen LogP contribution in [0, 0.1) is 0 Å². The van der Waals surface area contributed by atoms with Crippen molar-refractivity contribution in [3.05, 3.63) is 0 Å². The van der Waals surface area contributed by atoms with Crippen molar-refractivity contribution >= 4 is 17.7 Å². The highest BCUT2D eigenvalue weighted by Gasteiger charge is 2.00. The molecule has 72 valence electrons. The normalized spacial score (nSPS) is 9.83. The summed E-state index contributed by atoms with van der Waals surface area (Å²) in [5.74, 6) is 1.15. The molecule has 0 N–H and O–H groups in total. The van der Waals surface area contributed by atoms with Crippen molar-refractivity contribution in [2.45, 2.75) is 13.3 Å². The maximum atomic E-state index is 10.9. The van der Waals surface area contributed by atoms with Crippen LogP contribution in [0.4, 0.5) is 0 Å². The summed E-state index contributed by atoms with van der Waals surface area (Å²) < 4.78 is 9.70. The van der Waals surface area contributed by atoms with E-state index in [4.69, 9.17) is 9.47 Å². The number of rotatable bonds is 7. The van der Waals surface area contributed by atoms with Gasteiger partial charge in [0.15, 0.2) is 0 Å². The van der Waals surface area contributed by atoms with Gasteiger partial charge in [0.1, 0.15) is 0 Å². The molecule has 0 aliphatic carbocycles. The van der Waals surface area contributed by atoms with Crippen LogP contribution in [0.15, 0.2) is 0 Å². The zero-order valence-electron chi connectivity index (χ0n) is 7.67. The second-order valence-corrected chi connectivity index (χ2v) is 3.37. The Morgan fingerprint density at radius 3 is 2.75 bits per heavy atom. The Morgan fingerprint density at radius 2 is 2.17 bits per heavy atom. The number of esters is 1. The predicted molar refractivity (Wildman–Crippen MR) is 50.5 cm³/mol. The van der Waals surface area contributed by atoms with E-state index in [-0.39, 0.29) is 5.97 Å². The summed E-state index contributed by atoms with van der Waals surface area (Å²) in [7, 11) is 1.65. The van der Waals surface area contributed by atoms with E-state index in [9.17, 15) is 4.79 Å². The van der Waals surface area contributed by atoms with E-state index in [1.54, 1.807) is 7.11 Å². The molecular weight excluding hydrogens is 176 g/mol. The van der Waals surface area contributed by atoms with Gasteiger partial charge in [0.25, 0.3) is 0 Å². The van der Waals surface area contributed by atoms with E-state index in [0.29, 0.717) is 19.0 Å². The summed E-state index contributed by atoms with van der Waals surface area (Å²) >= 11 is 1.54. The third kappa shape index (κ3) is 7.88. The first-order valence-corrected chi connectivity index (χ1v) is 5.19. The summed E-state index contributed by atoms with van der Waals surface area (Å²) in [6.07, 6.45) is 0.883. The fourth-order valence-corrected chi connectivity index (χ4v) is 1.23. The third-order valence-electron chi connectivity index (χ3n) is 1.12. The Labute approximate surface area is 77.8 Å². The number of thioether (sulfide) groups is 1. The monoisotopic (exact) mass is 192 g/mol. The van der Waals surface area contributed by atoms with E-state index in [2.05, 4.69) is 0 Å². The molecule has 12 heavy (non-hydrogen) atoms. The standard InChI is InChI=1S/C8H16O3S/c1-3-4-11-8(9)7-12-6-5-10-2/h3-7H2,1-2H3. The van der Waals surface area contributed by atoms with Crippen molar-refractivity contribution in [2.75, 3.05) is 31.8 Å². The van der Waals surface area contributed by atoms with Gasteiger partial charge in [0.2, 0.25) is 0 Å². The first-order valence-electron chi connectivity index (χ1n) is 4.03. The summed E-state index contributed by atoms with van der Waals surface area (Å²) in [5.41, 5.74) is 0. The lowest BCUT2D eigenvalue weighted by molar-refractivity contribution is -0.140. The molecule has 0 aromatic rings. The van der Waals surface area contributed by atoms with Crippen LogP contribution in [-0.2, 0) is 14.3 Å². The molecule has 0 saturated carbocycles. The highest BCUT2D eigenvalue weighted by Crippen LogP contribution is 2.00. The van der Waals surface area contributed by atoms with Crippen molar-refractivity contribution in [3.63, 3.8) is 0 Å². The van der Waals surface area contributed by atoms with Crippen LogP contribution in [0.2, 0.25) is 0 Å². The van der Waals surface area contributed by atoms with Gasteiger partial charge in [-0.15, -0.1) is 11.8 Å². The first kappa shape index (κ1) is 11.8. The topological polar surface area (TPSA) is 35.5 Å². The zero-order chi connectivity index (χ0) is 9.23. The molecule has 0 aliphatic rings. The average Bonchev–Trinajstić information content (AvgIpc) is 2.09. The van der Waals surface area contributed by atoms with Crippen LogP contribution in [0.1, 0.15) is 13.3 Å². The van der Waals surface area contributed by atoms with Gasteiger partial charge >= 0.3 is 5.97 Å². The van der Waals surface area contributed by atoms with Gasteiger partial charge in [-0.2, -0.15) is 0 Å². The Balaban J connectivity index is 3.08. The van der Waals surface area contributed by atoms with Crippen molar-refractivity contribution in [1.82, 2.24) is 0 Å². The van der Waals surface area contributed by atoms with Gasteiger partial charge in [0.05, 0.1) is 19.0 Å². The lowest BCUT2D eigenvalue weighted by Gasteiger charge is -2.02. The van der Waals surface area contributed by atoms with Crippen molar-refractivity contribution in [3.8, 4) is 0 Å². The number of carbonyl (C=O) groups is 1. The van der Waals surface area contributed by atoms with Crippen LogP contribution < -0.4 is 0 Å². The number of hydrogen-bond donors (Lipinski definition) is 0. The van der Waals surface area contributed by atoms with E-state index in [0.717, 1.165) is 12.2 Å². The maximum absolute atomic E-state index is 10.9. The van der Waals surface area contributed by atoms with Gasteiger partial charge < -0.3 is 9.47 Å². The van der Waals surface area contributed by atoms with Crippen LogP contribution >= 0.6 is 11.8 Å². The quantitative estimate of drug-likeness (QED) is 0.450. The maximum Gasteiger partial charge on any atom is 0.315 e. The minimum Gasteiger partial charge on any atom is -0.465 e. The number of ether oxygens (including phenoxy) is 2. The molecule has 0 saturated heterocycles. The molecular formula is C8H16O3S. The molecule has 0 aromatic carbocycles. The molecule has 0 bridgehead atoms. The molecule has 4 heteroatoms. The van der Waals surface area contributed by atoms with Gasteiger partial charge in [-0.05, 0) is 6.42 Å². The Kier molecular flexibility index (Phi) is 8.71. The molecule has 0 spiro atoms. The molecule has 0 aromatic heterocycles. The number of carbonyl (C=O) groups excluding carboxylic acids is 1. The first-order chi connectivity index (χ1) is 5.81. The largest absolute Gasteiger partial charge is 0.465 e. The fourth-order valence-electron chi connectivity index (χ4n) is 0.555. The van der Waals surface area contributed by atoms with E-state index < -0.39 is 0 Å². The highest BCUT2D eigenvalue weighted by molar-refractivity contribution is 7.99. The van der Waals surface area contributed by atoms with Crippen LogP contribution in [0.25, 0.3) is 0 Å². The summed E-state index contributed by atoms with van der Waals surface area (Å²) in [6, 6.07) is 0. The second kappa shape index (κ2) is 8.87. The molecule has 0 unspecified atom stereocenters. The Bertz CT molecular complexity index is 117. The van der Waals surface area contributed by atoms with Gasteiger partial charge in [-0.1, -0.05) is 6.92 Å². The second-order valence-electron chi connectivity index (χ2n) is 2.27. The summed E-state index contributed by atoms with van der Waals surface area (Å²) in [6.45, 7) is 3.20. The predicted octanol–water partition coefficient (Wildman–Crippen LogP) is 1.32. The molecule has 0 atom stereocenters. The smallest absolute Gasteiger partial charge is 0.315 e. The Hall–Kier alpha value is -0.220. The summed E-state index contributed by atoms with van der Waals surface area (Å²) in [4.78, 5) is 10.9. The summed E-state index contributed by atoms with van der Waals surface area (Å²) in [5, 5.41) is 0. The molecule has 0 heterocycles. The van der Waals surface area contributed by atoms with E-state index in [1.165, 1.54) is 11.8 Å². The average molecular weight is 192 g/mol. The fraction of sp³-hybridized carbons (Fsp3) is 0.875. The SMILES string of the molecule is CCCOC(=O)CSCCOC. The molecule has 3 nitrogen and oxygen atoms in total. The van der Waals surface area contributed by atoms with E-state index >= 15 is 0 Å². The van der Waals surface area contributed by atoms with Gasteiger partial charge in [-0.25, -0.2) is 0 Å².